The number of nitrogens with zero attached hydrogens (tertiary/aromatic N) is 1. The van der Waals surface area contributed by atoms with E-state index in [1.165, 1.54) is 21.1 Å². The largest absolute Gasteiger partial charge is 0.493 e. The number of esters is 1. The lowest BCUT2D eigenvalue weighted by molar-refractivity contribution is -0.145. The van der Waals surface area contributed by atoms with E-state index in [2.05, 4.69) is 0 Å². The van der Waals surface area contributed by atoms with Crippen molar-refractivity contribution in [1.29, 1.82) is 0 Å². The van der Waals surface area contributed by atoms with Gasteiger partial charge in [0.25, 0.3) is 5.91 Å². The summed E-state index contributed by atoms with van der Waals surface area (Å²) in [7, 11) is 3.04. The van der Waals surface area contributed by atoms with E-state index in [-0.39, 0.29) is 18.0 Å². The van der Waals surface area contributed by atoms with Gasteiger partial charge >= 0.3 is 5.97 Å². The Bertz CT molecular complexity index is 842. The predicted molar refractivity (Wildman–Crippen MR) is 106 cm³/mol. The van der Waals surface area contributed by atoms with Crippen LogP contribution in [0.2, 0.25) is 0 Å². The fourth-order valence-corrected chi connectivity index (χ4v) is 3.30. The molecule has 1 aliphatic rings. The normalized spacial score (nSPS) is 15.7. The van der Waals surface area contributed by atoms with Crippen molar-refractivity contribution >= 4 is 11.9 Å². The Balaban J connectivity index is 1.78. The molecule has 1 amide bonds. The molecule has 0 N–H and O–H groups in total. The molecule has 1 fully saturated rings. The monoisotopic (exact) mass is 399 g/mol. The molecule has 1 unspecified atom stereocenters. The molecule has 3 rings (SSSR count). The zero-order valence-corrected chi connectivity index (χ0v) is 16.8. The van der Waals surface area contributed by atoms with Gasteiger partial charge in [-0.1, -0.05) is 30.3 Å². The van der Waals surface area contributed by atoms with Crippen LogP contribution in [-0.4, -0.2) is 50.2 Å². The summed E-state index contributed by atoms with van der Waals surface area (Å²) < 4.78 is 22.0. The highest BCUT2D eigenvalue weighted by atomic mass is 16.5. The summed E-state index contributed by atoms with van der Waals surface area (Å²) in [5, 5.41) is 0. The number of hydrogen-bond acceptors (Lipinski definition) is 6. The second kappa shape index (κ2) is 9.32. The zero-order chi connectivity index (χ0) is 20.8. The number of rotatable bonds is 7. The van der Waals surface area contributed by atoms with E-state index in [1.807, 2.05) is 30.3 Å². The molecule has 0 bridgehead atoms. The highest BCUT2D eigenvalue weighted by Crippen LogP contribution is 2.39. The van der Waals surface area contributed by atoms with Crippen molar-refractivity contribution < 1.29 is 28.5 Å². The van der Waals surface area contributed by atoms with Gasteiger partial charge in [0.1, 0.15) is 12.7 Å². The van der Waals surface area contributed by atoms with Gasteiger partial charge in [0.2, 0.25) is 5.75 Å². The Morgan fingerprint density at radius 1 is 1.07 bits per heavy atom. The van der Waals surface area contributed by atoms with Crippen LogP contribution >= 0.6 is 0 Å². The number of methoxy groups -OCH3 is 2. The first-order valence-electron chi connectivity index (χ1n) is 9.41. The molecule has 154 valence electrons. The van der Waals surface area contributed by atoms with Crippen molar-refractivity contribution in [3.63, 3.8) is 0 Å². The Kier molecular flexibility index (Phi) is 6.59. The van der Waals surface area contributed by atoms with Crippen LogP contribution in [0.15, 0.2) is 42.5 Å². The number of hydrogen-bond donors (Lipinski definition) is 0. The van der Waals surface area contributed by atoms with Crippen LogP contribution in [0.3, 0.4) is 0 Å². The van der Waals surface area contributed by atoms with Gasteiger partial charge in [0.05, 0.1) is 20.8 Å². The SMILES string of the molecule is COc1cc(C(=O)N2CCC(OC(C)=O)C2)cc(OC)c1OCc1ccccc1. The van der Waals surface area contributed by atoms with Gasteiger partial charge in [-0.05, 0) is 17.7 Å². The highest BCUT2D eigenvalue weighted by molar-refractivity contribution is 5.96. The molecule has 1 aliphatic heterocycles. The van der Waals surface area contributed by atoms with Crippen LogP contribution < -0.4 is 14.2 Å². The van der Waals surface area contributed by atoms with E-state index in [0.717, 1.165) is 5.56 Å². The van der Waals surface area contributed by atoms with Crippen molar-refractivity contribution in [3.05, 3.63) is 53.6 Å². The minimum absolute atomic E-state index is 0.175. The number of amides is 1. The molecule has 0 aromatic heterocycles. The average molecular weight is 399 g/mol. The molecule has 0 spiro atoms. The molecule has 2 aromatic carbocycles. The number of ether oxygens (including phenoxy) is 4. The fraction of sp³-hybridized carbons (Fsp3) is 0.364. The molecule has 2 aromatic rings. The van der Waals surface area contributed by atoms with Crippen molar-refractivity contribution in [3.8, 4) is 17.2 Å². The molecule has 1 heterocycles. The summed E-state index contributed by atoms with van der Waals surface area (Å²) in [6.07, 6.45) is 0.353. The third-order valence-electron chi connectivity index (χ3n) is 4.70. The molecule has 0 aliphatic carbocycles. The first-order valence-corrected chi connectivity index (χ1v) is 9.41. The summed E-state index contributed by atoms with van der Waals surface area (Å²) in [5.74, 6) is 0.756. The maximum Gasteiger partial charge on any atom is 0.302 e. The molecule has 1 saturated heterocycles. The zero-order valence-electron chi connectivity index (χ0n) is 16.8. The lowest BCUT2D eigenvalue weighted by atomic mass is 10.1. The standard InChI is InChI=1S/C22H25NO6/c1-15(24)29-18-9-10-23(13-18)22(25)17-11-19(26-2)21(20(12-17)27-3)28-14-16-7-5-4-6-8-16/h4-8,11-12,18H,9-10,13-14H2,1-3H3. The van der Waals surface area contributed by atoms with Crippen LogP contribution in [0.1, 0.15) is 29.3 Å². The number of likely N-dealkylation sites (tertiary alicyclic amines) is 1. The van der Waals surface area contributed by atoms with Gasteiger partial charge < -0.3 is 23.8 Å². The van der Waals surface area contributed by atoms with Crippen LogP contribution in [0.5, 0.6) is 17.2 Å². The van der Waals surface area contributed by atoms with E-state index >= 15 is 0 Å². The minimum atomic E-state index is -0.340. The second-order valence-corrected chi connectivity index (χ2v) is 6.76. The number of carbonyl (C=O) groups is 2. The summed E-state index contributed by atoms with van der Waals surface area (Å²) in [6.45, 7) is 2.61. The fourth-order valence-electron chi connectivity index (χ4n) is 3.30. The molecule has 1 atom stereocenters. The molecule has 29 heavy (non-hydrogen) atoms. The van der Waals surface area contributed by atoms with Gasteiger partial charge in [-0.3, -0.25) is 9.59 Å². The highest BCUT2D eigenvalue weighted by Gasteiger charge is 2.30. The summed E-state index contributed by atoms with van der Waals surface area (Å²) in [6, 6.07) is 13.0. The van der Waals surface area contributed by atoms with E-state index in [0.29, 0.717) is 48.9 Å². The Labute approximate surface area is 170 Å². The summed E-state index contributed by atoms with van der Waals surface area (Å²) in [4.78, 5) is 25.7. The quantitative estimate of drug-likeness (QED) is 0.666. The van der Waals surface area contributed by atoms with Crippen LogP contribution in [0.25, 0.3) is 0 Å². The smallest absolute Gasteiger partial charge is 0.302 e. The van der Waals surface area contributed by atoms with Gasteiger partial charge in [0.15, 0.2) is 11.5 Å². The van der Waals surface area contributed by atoms with Gasteiger partial charge in [-0.25, -0.2) is 0 Å². The van der Waals surface area contributed by atoms with Crippen LogP contribution in [0, 0.1) is 0 Å². The molecular formula is C22H25NO6. The van der Waals surface area contributed by atoms with Crippen LogP contribution in [0.4, 0.5) is 0 Å². The Morgan fingerprint density at radius 3 is 2.31 bits per heavy atom. The van der Waals surface area contributed by atoms with E-state index in [1.54, 1.807) is 17.0 Å². The summed E-state index contributed by atoms with van der Waals surface area (Å²) >= 11 is 0. The second-order valence-electron chi connectivity index (χ2n) is 6.76. The van der Waals surface area contributed by atoms with Crippen LogP contribution in [-0.2, 0) is 16.1 Å². The molecule has 0 saturated carbocycles. The minimum Gasteiger partial charge on any atom is -0.493 e. The topological polar surface area (TPSA) is 74.3 Å². The summed E-state index contributed by atoms with van der Waals surface area (Å²) in [5.41, 5.74) is 1.43. The van der Waals surface area contributed by atoms with E-state index in [9.17, 15) is 9.59 Å². The molecule has 7 nitrogen and oxygen atoms in total. The average Bonchev–Trinajstić information content (AvgIpc) is 3.19. The lowest BCUT2D eigenvalue weighted by Crippen LogP contribution is -2.30. The maximum absolute atomic E-state index is 12.9. The first-order chi connectivity index (χ1) is 14.0. The van der Waals surface area contributed by atoms with Crippen molar-refractivity contribution in [2.45, 2.75) is 26.1 Å². The first kappa shape index (κ1) is 20.5. The van der Waals surface area contributed by atoms with E-state index in [4.69, 9.17) is 18.9 Å². The van der Waals surface area contributed by atoms with Crippen molar-refractivity contribution in [1.82, 2.24) is 4.90 Å². The third-order valence-corrected chi connectivity index (χ3v) is 4.70. The number of benzene rings is 2. The maximum atomic E-state index is 12.9. The van der Waals surface area contributed by atoms with Gasteiger partial charge in [0, 0.05) is 25.5 Å². The lowest BCUT2D eigenvalue weighted by Gasteiger charge is -2.19. The van der Waals surface area contributed by atoms with Gasteiger partial charge in [-0.15, -0.1) is 0 Å². The molecule has 7 heteroatoms. The Morgan fingerprint density at radius 2 is 1.72 bits per heavy atom. The Hall–Kier alpha value is -3.22. The number of carbonyl (C=O) groups excluding carboxylic acids is 2. The third kappa shape index (κ3) is 4.99. The molecular weight excluding hydrogens is 374 g/mol. The van der Waals surface area contributed by atoms with Crippen molar-refractivity contribution in [2.75, 3.05) is 27.3 Å². The van der Waals surface area contributed by atoms with Gasteiger partial charge in [-0.2, -0.15) is 0 Å². The predicted octanol–water partition coefficient (Wildman–Crippen LogP) is 3.06. The van der Waals surface area contributed by atoms with Crippen molar-refractivity contribution in [2.24, 2.45) is 0 Å². The molecule has 0 radical (unpaired) electrons. The van der Waals surface area contributed by atoms with E-state index < -0.39 is 0 Å².